The number of hydrogen-bond acceptors (Lipinski definition) is 4. The maximum atomic E-state index is 12.5. The highest BCUT2D eigenvalue weighted by atomic mass is 35.5. The highest BCUT2D eigenvalue weighted by molar-refractivity contribution is 5.96. The average Bonchev–Trinajstić information content (AvgIpc) is 2.61. The van der Waals surface area contributed by atoms with Crippen LogP contribution in [0.4, 0.5) is 5.69 Å². The summed E-state index contributed by atoms with van der Waals surface area (Å²) in [5, 5.41) is 2.79. The van der Waals surface area contributed by atoms with E-state index in [1.54, 1.807) is 36.1 Å². The lowest BCUT2D eigenvalue weighted by atomic mass is 10.1. The molecule has 7 heteroatoms. The summed E-state index contributed by atoms with van der Waals surface area (Å²) >= 11 is 0. The second-order valence-electron chi connectivity index (χ2n) is 5.96. The number of nitrogens with zero attached hydrogens (tertiary/aromatic N) is 1. The minimum atomic E-state index is -0.240. The second-order valence-corrected chi connectivity index (χ2v) is 5.96. The zero-order valence-corrected chi connectivity index (χ0v) is 15.0. The molecule has 6 nitrogen and oxygen atoms in total. The summed E-state index contributed by atoms with van der Waals surface area (Å²) in [6, 6.07) is 7.18. The monoisotopic (exact) mass is 355 g/mol. The van der Waals surface area contributed by atoms with Gasteiger partial charge in [-0.25, -0.2) is 0 Å². The lowest BCUT2D eigenvalue weighted by Crippen LogP contribution is -2.40. The van der Waals surface area contributed by atoms with Crippen LogP contribution in [0.2, 0.25) is 0 Å². The van der Waals surface area contributed by atoms with Crippen molar-refractivity contribution in [3.8, 4) is 0 Å². The third-order valence-corrected chi connectivity index (χ3v) is 4.26. The standard InChI is InChI=1S/C17H25N3O3.ClH/c1-12(11-18)16(21)19-14-5-3-13(4-6-14)17(22)20(2)15-7-9-23-10-8-15;/h3-6,12,15H,7-11,18H2,1-2H3,(H,19,21);1H. The Labute approximate surface area is 149 Å². The van der Waals surface area contributed by atoms with Crippen LogP contribution >= 0.6 is 12.4 Å². The first-order valence-corrected chi connectivity index (χ1v) is 7.99. The Morgan fingerprint density at radius 3 is 2.42 bits per heavy atom. The van der Waals surface area contributed by atoms with Crippen molar-refractivity contribution in [2.24, 2.45) is 11.7 Å². The van der Waals surface area contributed by atoms with Gasteiger partial charge in [-0.05, 0) is 37.1 Å². The molecule has 24 heavy (non-hydrogen) atoms. The molecule has 0 aliphatic carbocycles. The fourth-order valence-electron chi connectivity index (χ4n) is 2.51. The number of anilines is 1. The number of amides is 2. The molecule has 1 atom stereocenters. The molecule has 0 radical (unpaired) electrons. The average molecular weight is 356 g/mol. The first-order valence-electron chi connectivity index (χ1n) is 7.99. The molecule has 1 unspecified atom stereocenters. The largest absolute Gasteiger partial charge is 0.381 e. The number of nitrogens with two attached hydrogens (primary N) is 1. The fraction of sp³-hybridized carbons (Fsp3) is 0.529. The van der Waals surface area contributed by atoms with E-state index in [-0.39, 0.29) is 36.2 Å². The predicted octanol–water partition coefficient (Wildman–Crippen LogP) is 1.89. The van der Waals surface area contributed by atoms with Gasteiger partial charge in [-0.15, -0.1) is 12.4 Å². The third-order valence-electron chi connectivity index (χ3n) is 4.26. The van der Waals surface area contributed by atoms with Crippen molar-refractivity contribution < 1.29 is 14.3 Å². The Bertz CT molecular complexity index is 545. The molecule has 1 aromatic carbocycles. The van der Waals surface area contributed by atoms with Gasteiger partial charge in [0.1, 0.15) is 0 Å². The van der Waals surface area contributed by atoms with Crippen molar-refractivity contribution >= 4 is 29.9 Å². The van der Waals surface area contributed by atoms with Crippen LogP contribution in [-0.4, -0.2) is 49.6 Å². The number of halogens is 1. The smallest absolute Gasteiger partial charge is 0.253 e. The number of nitrogens with one attached hydrogen (secondary N) is 1. The van der Waals surface area contributed by atoms with Crippen LogP contribution in [0, 0.1) is 5.92 Å². The Morgan fingerprint density at radius 1 is 1.29 bits per heavy atom. The number of benzene rings is 1. The predicted molar refractivity (Wildman–Crippen MR) is 96.5 cm³/mol. The van der Waals surface area contributed by atoms with E-state index in [4.69, 9.17) is 10.5 Å². The van der Waals surface area contributed by atoms with Crippen LogP contribution in [0.25, 0.3) is 0 Å². The van der Waals surface area contributed by atoms with Crippen molar-refractivity contribution in [2.75, 3.05) is 32.1 Å². The topological polar surface area (TPSA) is 84.7 Å². The van der Waals surface area contributed by atoms with Crippen LogP contribution in [0.5, 0.6) is 0 Å². The highest BCUT2D eigenvalue weighted by Crippen LogP contribution is 2.17. The van der Waals surface area contributed by atoms with Crippen molar-refractivity contribution in [2.45, 2.75) is 25.8 Å². The van der Waals surface area contributed by atoms with Crippen molar-refractivity contribution in [1.82, 2.24) is 4.90 Å². The van der Waals surface area contributed by atoms with Gasteiger partial charge in [-0.2, -0.15) is 0 Å². The van der Waals surface area contributed by atoms with Gasteiger partial charge in [0, 0.05) is 50.0 Å². The molecule has 3 N–H and O–H groups in total. The van der Waals surface area contributed by atoms with E-state index in [9.17, 15) is 9.59 Å². The molecule has 0 spiro atoms. The summed E-state index contributed by atoms with van der Waals surface area (Å²) in [4.78, 5) is 26.1. The van der Waals surface area contributed by atoms with Crippen LogP contribution < -0.4 is 11.1 Å². The van der Waals surface area contributed by atoms with Gasteiger partial charge in [0.2, 0.25) is 5.91 Å². The molecular weight excluding hydrogens is 330 g/mol. The summed E-state index contributed by atoms with van der Waals surface area (Å²) in [6.45, 7) is 3.48. The van der Waals surface area contributed by atoms with E-state index in [1.807, 2.05) is 7.05 Å². The summed E-state index contributed by atoms with van der Waals surface area (Å²) in [7, 11) is 1.83. The number of hydrogen-bond donors (Lipinski definition) is 2. The van der Waals surface area contributed by atoms with E-state index >= 15 is 0 Å². The second kappa shape index (κ2) is 9.61. The maximum Gasteiger partial charge on any atom is 0.253 e. The normalized spacial score (nSPS) is 16.0. The summed E-state index contributed by atoms with van der Waals surface area (Å²) < 4.78 is 5.33. The van der Waals surface area contributed by atoms with Crippen LogP contribution in [0.15, 0.2) is 24.3 Å². The number of carbonyl (C=O) groups excluding carboxylic acids is 2. The minimum absolute atomic E-state index is 0. The van der Waals surface area contributed by atoms with E-state index in [0.717, 1.165) is 12.8 Å². The van der Waals surface area contributed by atoms with Gasteiger partial charge < -0.3 is 20.7 Å². The van der Waals surface area contributed by atoms with Gasteiger partial charge in [-0.1, -0.05) is 6.92 Å². The van der Waals surface area contributed by atoms with Crippen LogP contribution in [0.1, 0.15) is 30.1 Å². The maximum absolute atomic E-state index is 12.5. The van der Waals surface area contributed by atoms with Gasteiger partial charge in [0.15, 0.2) is 0 Å². The Hall–Kier alpha value is -1.63. The van der Waals surface area contributed by atoms with E-state index < -0.39 is 0 Å². The summed E-state index contributed by atoms with van der Waals surface area (Å²) in [5.74, 6) is -0.369. The molecule has 1 aromatic rings. The molecule has 1 fully saturated rings. The summed E-state index contributed by atoms with van der Waals surface area (Å²) in [6.07, 6.45) is 1.74. The van der Waals surface area contributed by atoms with Gasteiger partial charge >= 0.3 is 0 Å². The van der Waals surface area contributed by atoms with Gasteiger partial charge in [0.05, 0.1) is 0 Å². The third kappa shape index (κ3) is 5.19. The molecule has 2 rings (SSSR count). The molecule has 2 amide bonds. The Balaban J connectivity index is 0.00000288. The van der Waals surface area contributed by atoms with E-state index in [0.29, 0.717) is 31.0 Å². The molecular formula is C17H26ClN3O3. The molecule has 1 aliphatic heterocycles. The van der Waals surface area contributed by atoms with E-state index in [1.165, 1.54) is 0 Å². The van der Waals surface area contributed by atoms with Crippen molar-refractivity contribution in [3.05, 3.63) is 29.8 Å². The SMILES string of the molecule is CC(CN)C(=O)Nc1ccc(C(=O)N(C)C2CCOCC2)cc1.Cl. The number of rotatable bonds is 5. The van der Waals surface area contributed by atoms with E-state index in [2.05, 4.69) is 5.32 Å². The zero-order valence-electron chi connectivity index (χ0n) is 14.2. The number of carbonyl (C=O) groups is 2. The highest BCUT2D eigenvalue weighted by Gasteiger charge is 2.23. The fourth-order valence-corrected chi connectivity index (χ4v) is 2.51. The van der Waals surface area contributed by atoms with Crippen LogP contribution in [-0.2, 0) is 9.53 Å². The first kappa shape index (κ1) is 20.4. The quantitative estimate of drug-likeness (QED) is 0.844. The molecule has 0 aromatic heterocycles. The summed E-state index contributed by atoms with van der Waals surface area (Å²) in [5.41, 5.74) is 6.76. The van der Waals surface area contributed by atoms with Crippen molar-refractivity contribution in [3.63, 3.8) is 0 Å². The lowest BCUT2D eigenvalue weighted by molar-refractivity contribution is -0.119. The Morgan fingerprint density at radius 2 is 1.88 bits per heavy atom. The van der Waals surface area contributed by atoms with Gasteiger partial charge in [0.25, 0.3) is 5.91 Å². The van der Waals surface area contributed by atoms with Crippen LogP contribution in [0.3, 0.4) is 0 Å². The lowest BCUT2D eigenvalue weighted by Gasteiger charge is -2.31. The molecule has 1 saturated heterocycles. The first-order chi connectivity index (χ1) is 11.0. The molecule has 134 valence electrons. The number of ether oxygens (including phenoxy) is 1. The minimum Gasteiger partial charge on any atom is -0.381 e. The molecule has 1 aliphatic rings. The van der Waals surface area contributed by atoms with Gasteiger partial charge in [-0.3, -0.25) is 9.59 Å². The molecule has 0 bridgehead atoms. The zero-order chi connectivity index (χ0) is 16.8. The molecule has 1 heterocycles. The molecule has 0 saturated carbocycles. The Kier molecular flexibility index (Phi) is 8.18. The van der Waals surface area contributed by atoms with Crippen molar-refractivity contribution in [1.29, 1.82) is 0 Å².